The molecule has 0 aliphatic rings. The molecular weight excluding hydrogens is 208 g/mol. The lowest BCUT2D eigenvalue weighted by molar-refractivity contribution is 0.0958. The zero-order chi connectivity index (χ0) is 11.6. The van der Waals surface area contributed by atoms with Crippen molar-refractivity contribution in [2.75, 3.05) is 20.8 Å². The van der Waals surface area contributed by atoms with E-state index in [1.807, 2.05) is 0 Å². The van der Waals surface area contributed by atoms with Crippen LogP contribution in [0.15, 0.2) is 0 Å². The maximum absolute atomic E-state index is 5.83. The molecule has 0 aromatic carbocycles. The molecule has 0 aliphatic carbocycles. The van der Waals surface area contributed by atoms with Gasteiger partial charge in [-0.1, -0.05) is 33.1 Å². The Morgan fingerprint density at radius 1 is 0.867 bits per heavy atom. The summed E-state index contributed by atoms with van der Waals surface area (Å²) in [7, 11) is 1.08. The summed E-state index contributed by atoms with van der Waals surface area (Å²) < 4.78 is 16.8. The van der Waals surface area contributed by atoms with Gasteiger partial charge < -0.3 is 13.3 Å². The lowest BCUT2D eigenvalue weighted by Crippen LogP contribution is -2.44. The predicted octanol–water partition coefficient (Wildman–Crippen LogP) is 3.23. The molecule has 15 heavy (non-hydrogen) atoms. The molecule has 0 radical (unpaired) electrons. The highest BCUT2D eigenvalue weighted by Crippen LogP contribution is 2.17. The number of hydrogen-bond acceptors (Lipinski definition) is 3. The van der Waals surface area contributed by atoms with Gasteiger partial charge in [0.1, 0.15) is 0 Å². The van der Waals surface area contributed by atoms with Gasteiger partial charge in [-0.2, -0.15) is 0 Å². The third-order valence-electron chi connectivity index (χ3n) is 2.53. The topological polar surface area (TPSA) is 27.7 Å². The van der Waals surface area contributed by atoms with Crippen LogP contribution in [0.3, 0.4) is 0 Å². The molecule has 92 valence electrons. The molecule has 0 fully saturated rings. The van der Waals surface area contributed by atoms with E-state index < -0.39 is 8.80 Å². The van der Waals surface area contributed by atoms with Crippen molar-refractivity contribution in [3.05, 3.63) is 0 Å². The van der Waals surface area contributed by atoms with Crippen LogP contribution in [-0.2, 0) is 13.3 Å². The van der Waals surface area contributed by atoms with Gasteiger partial charge in [-0.15, -0.1) is 0 Å². The Labute approximate surface area is 95.5 Å². The van der Waals surface area contributed by atoms with E-state index in [2.05, 4.69) is 13.8 Å². The zero-order valence-electron chi connectivity index (χ0n) is 10.7. The Kier molecular flexibility index (Phi) is 9.39. The smallest absolute Gasteiger partial charge is 0.377 e. The Bertz CT molecular complexity index is 138. The number of unbranched alkanes of at least 4 members (excludes halogenated alkanes) is 3. The standard InChI is InChI=1S/C11H26O3Si/c1-5-7-9-10-14-15(12-3,13-4)11-8-6-2/h5-11H2,1-4H3. The molecule has 0 saturated carbocycles. The normalized spacial score (nSPS) is 12.0. The van der Waals surface area contributed by atoms with Crippen LogP contribution in [0.4, 0.5) is 0 Å². The largest absolute Gasteiger partial charge is 0.500 e. The third-order valence-corrected chi connectivity index (χ3v) is 5.38. The van der Waals surface area contributed by atoms with Crippen LogP contribution >= 0.6 is 0 Å². The first-order valence-electron chi connectivity index (χ1n) is 5.99. The molecular formula is C11H26O3Si. The van der Waals surface area contributed by atoms with E-state index in [1.165, 1.54) is 12.8 Å². The van der Waals surface area contributed by atoms with E-state index in [9.17, 15) is 0 Å². The molecule has 0 atom stereocenters. The maximum atomic E-state index is 5.83. The second-order valence-corrected chi connectivity index (χ2v) is 6.72. The van der Waals surface area contributed by atoms with Crippen molar-refractivity contribution in [2.24, 2.45) is 0 Å². The summed E-state index contributed by atoms with van der Waals surface area (Å²) in [5, 5.41) is 0. The van der Waals surface area contributed by atoms with Gasteiger partial charge in [0.05, 0.1) is 0 Å². The summed E-state index contributed by atoms with van der Waals surface area (Å²) in [4.78, 5) is 0. The minimum absolute atomic E-state index is 0.769. The predicted molar refractivity (Wildman–Crippen MR) is 65.0 cm³/mol. The zero-order valence-corrected chi connectivity index (χ0v) is 11.7. The summed E-state index contributed by atoms with van der Waals surface area (Å²) in [6, 6.07) is 0.933. The van der Waals surface area contributed by atoms with Crippen LogP contribution in [-0.4, -0.2) is 29.6 Å². The van der Waals surface area contributed by atoms with Gasteiger partial charge >= 0.3 is 8.80 Å². The SMILES string of the molecule is CCCCCO[Si](CCCC)(OC)OC. The van der Waals surface area contributed by atoms with Crippen LogP contribution in [0, 0.1) is 0 Å². The van der Waals surface area contributed by atoms with Crippen molar-refractivity contribution in [2.45, 2.75) is 52.0 Å². The van der Waals surface area contributed by atoms with E-state index >= 15 is 0 Å². The minimum Gasteiger partial charge on any atom is -0.377 e. The average molecular weight is 234 g/mol. The molecule has 0 spiro atoms. The highest BCUT2D eigenvalue weighted by Gasteiger charge is 2.37. The Balaban J connectivity index is 3.88. The van der Waals surface area contributed by atoms with Gasteiger partial charge in [-0.05, 0) is 12.8 Å². The van der Waals surface area contributed by atoms with Gasteiger partial charge in [0, 0.05) is 26.9 Å². The highest BCUT2D eigenvalue weighted by molar-refractivity contribution is 6.60. The highest BCUT2D eigenvalue weighted by atomic mass is 28.4. The molecule has 0 unspecified atom stereocenters. The van der Waals surface area contributed by atoms with Crippen LogP contribution in [0.2, 0.25) is 6.04 Å². The second-order valence-electron chi connectivity index (χ2n) is 3.75. The van der Waals surface area contributed by atoms with Crippen molar-refractivity contribution in [3.8, 4) is 0 Å². The van der Waals surface area contributed by atoms with Crippen LogP contribution in [0.5, 0.6) is 0 Å². The summed E-state index contributed by atoms with van der Waals surface area (Å²) in [5.41, 5.74) is 0. The van der Waals surface area contributed by atoms with Gasteiger partial charge in [0.25, 0.3) is 0 Å². The van der Waals surface area contributed by atoms with Crippen molar-refractivity contribution in [1.82, 2.24) is 0 Å². The molecule has 0 heterocycles. The Morgan fingerprint density at radius 3 is 1.93 bits per heavy atom. The van der Waals surface area contributed by atoms with E-state index in [4.69, 9.17) is 13.3 Å². The number of rotatable bonds is 10. The average Bonchev–Trinajstić information content (AvgIpc) is 2.29. The molecule has 4 heteroatoms. The Hall–Kier alpha value is 0.0969. The van der Waals surface area contributed by atoms with E-state index in [1.54, 1.807) is 14.2 Å². The molecule has 0 N–H and O–H groups in total. The maximum Gasteiger partial charge on any atom is 0.500 e. The van der Waals surface area contributed by atoms with Crippen molar-refractivity contribution < 1.29 is 13.3 Å². The van der Waals surface area contributed by atoms with Crippen molar-refractivity contribution in [1.29, 1.82) is 0 Å². The summed E-state index contributed by atoms with van der Waals surface area (Å²) in [6.45, 7) is 5.13. The summed E-state index contributed by atoms with van der Waals surface area (Å²) >= 11 is 0. The molecule has 0 aliphatic heterocycles. The first kappa shape index (κ1) is 15.1. The van der Waals surface area contributed by atoms with Gasteiger partial charge in [-0.3, -0.25) is 0 Å². The van der Waals surface area contributed by atoms with Crippen molar-refractivity contribution in [3.63, 3.8) is 0 Å². The van der Waals surface area contributed by atoms with E-state index in [0.29, 0.717) is 0 Å². The minimum atomic E-state index is -2.31. The fourth-order valence-electron chi connectivity index (χ4n) is 1.45. The quantitative estimate of drug-likeness (QED) is 0.429. The fraction of sp³-hybridized carbons (Fsp3) is 1.00. The molecule has 0 rings (SSSR count). The van der Waals surface area contributed by atoms with Crippen LogP contribution < -0.4 is 0 Å². The monoisotopic (exact) mass is 234 g/mol. The van der Waals surface area contributed by atoms with Crippen LogP contribution in [0.25, 0.3) is 0 Å². The lowest BCUT2D eigenvalue weighted by atomic mass is 10.3. The van der Waals surface area contributed by atoms with E-state index in [0.717, 1.165) is 31.9 Å². The fourth-order valence-corrected chi connectivity index (χ4v) is 3.65. The summed E-state index contributed by atoms with van der Waals surface area (Å²) in [6.07, 6.45) is 5.80. The molecule has 0 aromatic rings. The molecule has 0 amide bonds. The third kappa shape index (κ3) is 6.30. The summed E-state index contributed by atoms with van der Waals surface area (Å²) in [5.74, 6) is 0. The van der Waals surface area contributed by atoms with Gasteiger partial charge in [-0.25, -0.2) is 0 Å². The van der Waals surface area contributed by atoms with Gasteiger partial charge in [0.2, 0.25) is 0 Å². The molecule has 0 bridgehead atoms. The van der Waals surface area contributed by atoms with Crippen molar-refractivity contribution >= 4 is 8.80 Å². The molecule has 3 nitrogen and oxygen atoms in total. The van der Waals surface area contributed by atoms with Crippen LogP contribution in [0.1, 0.15) is 46.0 Å². The first-order valence-corrected chi connectivity index (χ1v) is 7.92. The first-order chi connectivity index (χ1) is 7.24. The second kappa shape index (κ2) is 9.33. The van der Waals surface area contributed by atoms with E-state index in [-0.39, 0.29) is 0 Å². The Morgan fingerprint density at radius 2 is 1.47 bits per heavy atom. The molecule has 0 aromatic heterocycles. The van der Waals surface area contributed by atoms with Gasteiger partial charge in [0.15, 0.2) is 0 Å². The molecule has 0 saturated heterocycles. The lowest BCUT2D eigenvalue weighted by Gasteiger charge is -2.26. The number of hydrogen-bond donors (Lipinski definition) is 0.